The van der Waals surface area contributed by atoms with E-state index in [0.29, 0.717) is 31.7 Å². The van der Waals surface area contributed by atoms with E-state index >= 15 is 0 Å². The summed E-state index contributed by atoms with van der Waals surface area (Å²) < 4.78 is 6.31. The standard InChI is InChI=1S/C32H45N3O5/c1-19-5-10-32-11-6-24(36)26(32)31(19,4)25(40-29(39)34-28(38)23-18-35-14-9-22(23)17-35)16-30(3,27(37)20(32)2)15-21-7-12-33-13-8-21/h7-8,12-13,19-20,22-23,25-27,37H,5-6,9-11,14-18H2,1-4H3,(H,34,38,39)/t19-,20+,22-,23+,25-,26?,27+,30-,31+,32?/m1/s1. The van der Waals surface area contributed by atoms with Gasteiger partial charge in [0.2, 0.25) is 5.91 Å². The number of ketones is 1. The summed E-state index contributed by atoms with van der Waals surface area (Å²) in [6, 6.07) is 3.94. The Bertz CT molecular complexity index is 1180. The molecule has 3 saturated carbocycles. The molecule has 8 heteroatoms. The number of rotatable bonds is 4. The van der Waals surface area contributed by atoms with E-state index in [1.54, 1.807) is 12.4 Å². The number of aliphatic hydroxyl groups is 1. The average molecular weight is 552 g/mol. The Morgan fingerprint density at radius 2 is 1.90 bits per heavy atom. The first kappa shape index (κ1) is 27.8. The van der Waals surface area contributed by atoms with Gasteiger partial charge in [-0.2, -0.15) is 0 Å². The van der Waals surface area contributed by atoms with Gasteiger partial charge in [0.1, 0.15) is 11.9 Å². The number of pyridine rings is 1. The van der Waals surface area contributed by atoms with Crippen LogP contribution in [0, 0.1) is 45.8 Å². The van der Waals surface area contributed by atoms with E-state index in [-0.39, 0.29) is 40.8 Å². The second-order valence-corrected chi connectivity index (χ2v) is 14.4. The number of alkyl carbamates (subject to hydrolysis) is 1. The number of carbonyl (C=O) groups excluding carboxylic acids is 3. The predicted octanol–water partition coefficient (Wildman–Crippen LogP) is 4.01. The van der Waals surface area contributed by atoms with E-state index < -0.39 is 29.1 Å². The minimum atomic E-state index is -0.725. The Hall–Kier alpha value is -2.32. The molecule has 0 aromatic carbocycles. The molecule has 3 unspecified atom stereocenters. The molecule has 8 nitrogen and oxygen atoms in total. The van der Waals surface area contributed by atoms with Crippen molar-refractivity contribution in [1.29, 1.82) is 0 Å². The molecular weight excluding hydrogens is 506 g/mol. The minimum Gasteiger partial charge on any atom is -0.445 e. The van der Waals surface area contributed by atoms with Gasteiger partial charge in [0.05, 0.1) is 12.0 Å². The summed E-state index contributed by atoms with van der Waals surface area (Å²) in [6.45, 7) is 11.2. The van der Waals surface area contributed by atoms with Crippen LogP contribution < -0.4 is 5.32 Å². The van der Waals surface area contributed by atoms with Crippen molar-refractivity contribution in [3.8, 4) is 0 Å². The Morgan fingerprint density at radius 3 is 2.58 bits per heavy atom. The summed E-state index contributed by atoms with van der Waals surface area (Å²) in [6.07, 6.45) is 6.55. The molecule has 2 saturated heterocycles. The van der Waals surface area contributed by atoms with E-state index in [4.69, 9.17) is 4.74 Å². The summed E-state index contributed by atoms with van der Waals surface area (Å²) in [4.78, 5) is 46.7. The normalized spacial score (nSPS) is 45.9. The van der Waals surface area contributed by atoms with Crippen LogP contribution in [0.25, 0.3) is 0 Å². The number of imide groups is 1. The van der Waals surface area contributed by atoms with E-state index in [2.05, 4.69) is 42.9 Å². The van der Waals surface area contributed by atoms with Crippen LogP contribution >= 0.6 is 0 Å². The molecule has 5 aliphatic rings. The van der Waals surface area contributed by atoms with Crippen molar-refractivity contribution in [2.45, 2.75) is 84.8 Å². The van der Waals surface area contributed by atoms with Gasteiger partial charge in [0.15, 0.2) is 0 Å². The number of Topliss-reactive ketones (excluding diaryl/α,β-unsaturated/α-hetero) is 1. The van der Waals surface area contributed by atoms with E-state index in [1.165, 1.54) is 0 Å². The first-order chi connectivity index (χ1) is 19.0. The molecule has 11 atom stereocenters. The van der Waals surface area contributed by atoms with Crippen LogP contribution in [0.1, 0.15) is 71.8 Å². The summed E-state index contributed by atoms with van der Waals surface area (Å²) in [7, 11) is 0. The molecule has 2 aliphatic heterocycles. The largest absolute Gasteiger partial charge is 0.445 e. The van der Waals surface area contributed by atoms with Crippen molar-refractivity contribution in [3.05, 3.63) is 30.1 Å². The van der Waals surface area contributed by atoms with Crippen molar-refractivity contribution in [2.75, 3.05) is 19.6 Å². The number of aromatic nitrogens is 1. The second-order valence-electron chi connectivity index (χ2n) is 14.4. The molecule has 3 aliphatic carbocycles. The number of hydrogen-bond acceptors (Lipinski definition) is 7. The zero-order chi connectivity index (χ0) is 28.4. The van der Waals surface area contributed by atoms with Crippen molar-refractivity contribution in [1.82, 2.24) is 15.2 Å². The third-order valence-electron chi connectivity index (χ3n) is 12.4. The fourth-order valence-electron chi connectivity index (χ4n) is 9.93. The highest BCUT2D eigenvalue weighted by atomic mass is 16.6. The molecule has 4 bridgehead atoms. The van der Waals surface area contributed by atoms with E-state index in [1.807, 2.05) is 12.1 Å². The number of carbonyl (C=O) groups is 3. The third kappa shape index (κ3) is 4.23. The van der Waals surface area contributed by atoms with Crippen molar-refractivity contribution < 1.29 is 24.2 Å². The van der Waals surface area contributed by atoms with E-state index in [0.717, 1.165) is 44.3 Å². The molecule has 0 radical (unpaired) electrons. The number of amides is 2. The van der Waals surface area contributed by atoms with Gasteiger partial charge in [-0.25, -0.2) is 4.79 Å². The quantitative estimate of drug-likeness (QED) is 0.582. The maximum Gasteiger partial charge on any atom is 0.414 e. The fourth-order valence-corrected chi connectivity index (χ4v) is 9.93. The molecule has 5 fully saturated rings. The maximum atomic E-state index is 13.7. The molecule has 2 N–H and O–H groups in total. The highest BCUT2D eigenvalue weighted by molar-refractivity contribution is 5.93. The molecule has 1 aromatic heterocycles. The van der Waals surface area contributed by atoms with Gasteiger partial charge in [-0.3, -0.25) is 19.9 Å². The summed E-state index contributed by atoms with van der Waals surface area (Å²) >= 11 is 0. The first-order valence-electron chi connectivity index (χ1n) is 15.3. The van der Waals surface area contributed by atoms with Crippen LogP contribution in [0.15, 0.2) is 24.5 Å². The number of hydrogen-bond donors (Lipinski definition) is 2. The molecule has 6 rings (SSSR count). The molecule has 1 aromatic rings. The van der Waals surface area contributed by atoms with Gasteiger partial charge in [-0.1, -0.05) is 27.7 Å². The zero-order valence-corrected chi connectivity index (χ0v) is 24.4. The van der Waals surface area contributed by atoms with Gasteiger partial charge in [0.25, 0.3) is 0 Å². The topological polar surface area (TPSA) is 109 Å². The van der Waals surface area contributed by atoms with Gasteiger partial charge in [-0.05, 0) is 85.9 Å². The lowest BCUT2D eigenvalue weighted by molar-refractivity contribution is -0.198. The maximum absolute atomic E-state index is 13.7. The van der Waals surface area contributed by atoms with Crippen LogP contribution in [0.3, 0.4) is 0 Å². The Balaban J connectivity index is 1.35. The molecule has 0 spiro atoms. The summed E-state index contributed by atoms with van der Waals surface area (Å²) in [5.41, 5.74) is -0.481. The van der Waals surface area contributed by atoms with Gasteiger partial charge >= 0.3 is 6.09 Å². The Kier molecular flexibility index (Phi) is 6.89. The minimum absolute atomic E-state index is 0.0771. The summed E-state index contributed by atoms with van der Waals surface area (Å²) in [5.74, 6) is -0.144. The number of aliphatic hydroxyl groups excluding tert-OH is 1. The molecule has 2 amide bonds. The van der Waals surface area contributed by atoms with Crippen molar-refractivity contribution in [3.63, 3.8) is 0 Å². The third-order valence-corrected chi connectivity index (χ3v) is 12.4. The van der Waals surface area contributed by atoms with Gasteiger partial charge in [0, 0.05) is 48.7 Å². The molecular formula is C32H45N3O5. The van der Waals surface area contributed by atoms with Crippen molar-refractivity contribution in [2.24, 2.45) is 45.8 Å². The Morgan fingerprint density at radius 1 is 1.15 bits per heavy atom. The first-order valence-corrected chi connectivity index (χ1v) is 15.3. The van der Waals surface area contributed by atoms with Crippen LogP contribution in [-0.2, 0) is 20.7 Å². The fraction of sp³-hybridized carbons (Fsp3) is 0.750. The molecule has 40 heavy (non-hydrogen) atoms. The average Bonchev–Trinajstić information content (AvgIpc) is 3.65. The lowest BCUT2D eigenvalue weighted by Crippen LogP contribution is -2.64. The number of nitrogens with one attached hydrogen (secondary N) is 1. The monoisotopic (exact) mass is 551 g/mol. The highest BCUT2D eigenvalue weighted by Crippen LogP contribution is 2.68. The number of ether oxygens (including phenoxy) is 1. The number of piperidine rings is 1. The van der Waals surface area contributed by atoms with Crippen LogP contribution in [0.5, 0.6) is 0 Å². The smallest absolute Gasteiger partial charge is 0.414 e. The highest BCUT2D eigenvalue weighted by Gasteiger charge is 2.68. The van der Waals surface area contributed by atoms with Gasteiger partial charge in [-0.15, -0.1) is 0 Å². The SMILES string of the molecule is C[C@@H]1CCC23CCC(=O)C2[C@]1(C)[C@H](OC(=O)NC(=O)[C@H]1CN2CC[C@@H]1C2)C[C@@](C)(Cc1ccncc1)[C@@H](O)[C@@H]3C. The van der Waals surface area contributed by atoms with Crippen LogP contribution in [0.2, 0.25) is 0 Å². The van der Waals surface area contributed by atoms with E-state index in [9.17, 15) is 19.5 Å². The zero-order valence-electron chi connectivity index (χ0n) is 24.4. The molecule has 218 valence electrons. The van der Waals surface area contributed by atoms with Crippen molar-refractivity contribution >= 4 is 17.8 Å². The second kappa shape index (κ2) is 9.90. The lowest BCUT2D eigenvalue weighted by Gasteiger charge is -2.62. The van der Waals surface area contributed by atoms with Crippen LogP contribution in [-0.4, -0.2) is 64.6 Å². The number of fused-ring (bicyclic) bond motifs is 2. The lowest BCUT2D eigenvalue weighted by atomic mass is 9.43. The predicted molar refractivity (Wildman–Crippen MR) is 149 cm³/mol. The summed E-state index contributed by atoms with van der Waals surface area (Å²) in [5, 5.41) is 14.7. The van der Waals surface area contributed by atoms with Gasteiger partial charge < -0.3 is 14.7 Å². The molecule has 3 heterocycles. The Labute approximate surface area is 237 Å². The number of nitrogens with zero attached hydrogens (tertiary/aromatic N) is 2. The van der Waals surface area contributed by atoms with Crippen LogP contribution in [0.4, 0.5) is 4.79 Å².